The van der Waals surface area contributed by atoms with Crippen molar-refractivity contribution in [2.45, 2.75) is 40.0 Å². The second-order valence-electron chi connectivity index (χ2n) is 5.12. The Morgan fingerprint density at radius 2 is 2.14 bits per heavy atom. The number of hydrogen-bond acceptors (Lipinski definition) is 3. The molecule has 0 bridgehead atoms. The van der Waals surface area contributed by atoms with Crippen LogP contribution in [0.1, 0.15) is 39.2 Å². The van der Waals surface area contributed by atoms with Gasteiger partial charge in [0.15, 0.2) is 5.05 Å². The van der Waals surface area contributed by atoms with E-state index >= 15 is 0 Å². The molecule has 1 aromatic rings. The second-order valence-corrected chi connectivity index (χ2v) is 5.98. The van der Waals surface area contributed by atoms with Crippen molar-refractivity contribution in [1.82, 2.24) is 0 Å². The number of anilines is 1. The first kappa shape index (κ1) is 18.8. The van der Waals surface area contributed by atoms with Crippen molar-refractivity contribution < 1.29 is 13.9 Å². The van der Waals surface area contributed by atoms with Gasteiger partial charge in [-0.1, -0.05) is 32.4 Å². The lowest BCUT2D eigenvalue weighted by Crippen LogP contribution is -2.20. The molecule has 0 fully saturated rings. The summed E-state index contributed by atoms with van der Waals surface area (Å²) < 4.78 is 19.3. The standard InChI is InChI=1S/C16H21ClFNO2S/c1-4-6-21-15(22)8-11-7-14(13(18)9-12(11)17)19-16(20)10(3)5-2/h7,9-10H,4-6,8H2,1-3H3,(H,19,20). The summed E-state index contributed by atoms with van der Waals surface area (Å²) in [5.41, 5.74) is 0.742. The third-order valence-electron chi connectivity index (χ3n) is 3.26. The van der Waals surface area contributed by atoms with Gasteiger partial charge in [0, 0.05) is 17.4 Å². The molecule has 0 saturated carbocycles. The highest BCUT2D eigenvalue weighted by atomic mass is 35.5. The minimum atomic E-state index is -0.564. The van der Waals surface area contributed by atoms with E-state index in [4.69, 9.17) is 28.6 Å². The van der Waals surface area contributed by atoms with Gasteiger partial charge in [0.2, 0.25) is 5.91 Å². The Labute approximate surface area is 141 Å². The summed E-state index contributed by atoms with van der Waals surface area (Å²) in [7, 11) is 0. The van der Waals surface area contributed by atoms with Crippen molar-refractivity contribution in [2.24, 2.45) is 5.92 Å². The van der Waals surface area contributed by atoms with Gasteiger partial charge in [-0.2, -0.15) is 0 Å². The van der Waals surface area contributed by atoms with E-state index in [0.717, 1.165) is 6.42 Å². The van der Waals surface area contributed by atoms with Crippen LogP contribution in [0.3, 0.4) is 0 Å². The number of carbonyl (C=O) groups is 1. The van der Waals surface area contributed by atoms with Crippen LogP contribution in [0.2, 0.25) is 5.02 Å². The van der Waals surface area contributed by atoms with Gasteiger partial charge in [0.05, 0.1) is 12.3 Å². The van der Waals surface area contributed by atoms with Crippen LogP contribution >= 0.6 is 23.8 Å². The van der Waals surface area contributed by atoms with E-state index < -0.39 is 5.82 Å². The number of thiocarbonyl (C=S) groups is 1. The molecule has 0 radical (unpaired) electrons. The maximum Gasteiger partial charge on any atom is 0.227 e. The SMILES string of the molecule is CCCOC(=S)Cc1cc(NC(=O)C(C)CC)c(F)cc1Cl. The van der Waals surface area contributed by atoms with Crippen LogP contribution in [0.4, 0.5) is 10.1 Å². The van der Waals surface area contributed by atoms with Crippen molar-refractivity contribution in [2.75, 3.05) is 11.9 Å². The van der Waals surface area contributed by atoms with Gasteiger partial charge in [-0.3, -0.25) is 4.79 Å². The molecule has 1 N–H and O–H groups in total. The molecule has 22 heavy (non-hydrogen) atoms. The Morgan fingerprint density at radius 1 is 1.45 bits per heavy atom. The maximum absolute atomic E-state index is 13.9. The number of carbonyl (C=O) groups excluding carboxylic acids is 1. The number of amides is 1. The van der Waals surface area contributed by atoms with Gasteiger partial charge in [-0.05, 0) is 42.8 Å². The maximum atomic E-state index is 13.9. The van der Waals surface area contributed by atoms with Gasteiger partial charge in [0.25, 0.3) is 0 Å². The topological polar surface area (TPSA) is 38.3 Å². The van der Waals surface area contributed by atoms with Crippen LogP contribution in [0.15, 0.2) is 12.1 Å². The molecule has 1 aromatic carbocycles. The van der Waals surface area contributed by atoms with Crippen molar-refractivity contribution >= 4 is 40.5 Å². The lowest BCUT2D eigenvalue weighted by molar-refractivity contribution is -0.119. The molecule has 3 nitrogen and oxygen atoms in total. The van der Waals surface area contributed by atoms with Crippen LogP contribution < -0.4 is 5.32 Å². The Balaban J connectivity index is 2.89. The number of nitrogens with one attached hydrogen (secondary N) is 1. The zero-order valence-electron chi connectivity index (χ0n) is 13.0. The Hall–Kier alpha value is -1.20. The van der Waals surface area contributed by atoms with E-state index in [1.54, 1.807) is 6.92 Å². The van der Waals surface area contributed by atoms with Crippen LogP contribution in [-0.4, -0.2) is 17.6 Å². The summed E-state index contributed by atoms with van der Waals surface area (Å²) >= 11 is 11.2. The van der Waals surface area contributed by atoms with E-state index in [0.29, 0.717) is 30.1 Å². The average molecular weight is 346 g/mol. The lowest BCUT2D eigenvalue weighted by atomic mass is 10.1. The quantitative estimate of drug-likeness (QED) is 0.724. The number of rotatable bonds is 7. The smallest absolute Gasteiger partial charge is 0.227 e. The normalized spacial score (nSPS) is 11.9. The zero-order valence-corrected chi connectivity index (χ0v) is 14.6. The van der Waals surface area contributed by atoms with Crippen molar-refractivity contribution in [3.8, 4) is 0 Å². The molecule has 1 unspecified atom stereocenters. The first-order valence-corrected chi connectivity index (χ1v) is 8.12. The molecule has 0 spiro atoms. The van der Waals surface area contributed by atoms with E-state index in [1.807, 2.05) is 13.8 Å². The van der Waals surface area contributed by atoms with Crippen LogP contribution in [0, 0.1) is 11.7 Å². The van der Waals surface area contributed by atoms with E-state index in [1.165, 1.54) is 12.1 Å². The van der Waals surface area contributed by atoms with E-state index in [9.17, 15) is 9.18 Å². The van der Waals surface area contributed by atoms with Gasteiger partial charge < -0.3 is 10.1 Å². The molecular formula is C16H21ClFNO2S. The summed E-state index contributed by atoms with van der Waals surface area (Å²) in [5.74, 6) is -0.974. The van der Waals surface area contributed by atoms with Crippen LogP contribution in [0.5, 0.6) is 0 Å². The molecule has 1 atom stereocenters. The second kappa shape index (κ2) is 9.06. The molecule has 0 aliphatic carbocycles. The first-order chi connectivity index (χ1) is 10.4. The number of benzene rings is 1. The molecular weight excluding hydrogens is 325 g/mol. The Bertz CT molecular complexity index is 551. The summed E-state index contributed by atoms with van der Waals surface area (Å²) in [6.07, 6.45) is 1.84. The fraction of sp³-hybridized carbons (Fsp3) is 0.500. The highest BCUT2D eigenvalue weighted by Gasteiger charge is 2.16. The number of halogens is 2. The highest BCUT2D eigenvalue weighted by molar-refractivity contribution is 7.80. The van der Waals surface area contributed by atoms with Crippen LogP contribution in [0.25, 0.3) is 0 Å². The Kier molecular flexibility index (Phi) is 7.76. The molecule has 1 rings (SSSR count). The Morgan fingerprint density at radius 3 is 2.73 bits per heavy atom. The van der Waals surface area contributed by atoms with Crippen molar-refractivity contribution in [3.05, 3.63) is 28.5 Å². The van der Waals surface area contributed by atoms with E-state index in [-0.39, 0.29) is 22.5 Å². The molecule has 122 valence electrons. The zero-order chi connectivity index (χ0) is 16.7. The van der Waals surface area contributed by atoms with Gasteiger partial charge in [-0.15, -0.1) is 0 Å². The van der Waals surface area contributed by atoms with Gasteiger partial charge in [0.1, 0.15) is 5.82 Å². The number of hydrogen-bond donors (Lipinski definition) is 1. The van der Waals surface area contributed by atoms with Crippen LogP contribution in [-0.2, 0) is 16.0 Å². The highest BCUT2D eigenvalue weighted by Crippen LogP contribution is 2.26. The molecule has 6 heteroatoms. The predicted molar refractivity (Wildman–Crippen MR) is 92.0 cm³/mol. The molecule has 0 aromatic heterocycles. The fourth-order valence-electron chi connectivity index (χ4n) is 1.69. The monoisotopic (exact) mass is 345 g/mol. The molecule has 1 amide bonds. The lowest BCUT2D eigenvalue weighted by Gasteiger charge is -2.13. The summed E-state index contributed by atoms with van der Waals surface area (Å²) in [6.45, 7) is 6.21. The largest absolute Gasteiger partial charge is 0.487 e. The fourth-order valence-corrected chi connectivity index (χ4v) is 2.14. The molecule has 0 aliphatic rings. The first-order valence-electron chi connectivity index (χ1n) is 7.33. The summed E-state index contributed by atoms with van der Waals surface area (Å²) in [6, 6.07) is 2.70. The number of ether oxygens (including phenoxy) is 1. The third kappa shape index (κ3) is 5.54. The molecule has 0 saturated heterocycles. The summed E-state index contributed by atoms with van der Waals surface area (Å²) in [5, 5.41) is 3.25. The minimum Gasteiger partial charge on any atom is -0.487 e. The predicted octanol–water partition coefficient (Wildman–Crippen LogP) is 4.76. The average Bonchev–Trinajstić information content (AvgIpc) is 2.48. The summed E-state index contributed by atoms with van der Waals surface area (Å²) in [4.78, 5) is 11.9. The van der Waals surface area contributed by atoms with Gasteiger partial charge in [-0.25, -0.2) is 4.39 Å². The minimum absolute atomic E-state index is 0.114. The van der Waals surface area contributed by atoms with Crippen molar-refractivity contribution in [3.63, 3.8) is 0 Å². The van der Waals surface area contributed by atoms with Gasteiger partial charge >= 0.3 is 0 Å². The molecule has 0 aliphatic heterocycles. The third-order valence-corrected chi connectivity index (χ3v) is 3.87. The van der Waals surface area contributed by atoms with Crippen molar-refractivity contribution in [1.29, 1.82) is 0 Å². The molecule has 0 heterocycles. The van der Waals surface area contributed by atoms with E-state index in [2.05, 4.69) is 5.32 Å².